The van der Waals surface area contributed by atoms with Crippen LogP contribution in [0.3, 0.4) is 0 Å². The molecular weight excluding hydrogens is 186 g/mol. The molecule has 0 amide bonds. The van der Waals surface area contributed by atoms with E-state index >= 15 is 0 Å². The number of hydrogen-bond acceptors (Lipinski definition) is 2. The van der Waals surface area contributed by atoms with Crippen LogP contribution in [-0.4, -0.2) is 31.6 Å². The Morgan fingerprint density at radius 2 is 1.62 bits per heavy atom. The molecule has 0 atom stereocenters. The first-order chi connectivity index (χ1) is 5.57. The minimum atomic E-state index is -3.08. The molecule has 0 saturated heterocycles. The molecule has 0 spiro atoms. The lowest BCUT2D eigenvalue weighted by atomic mass is 9.97. The van der Waals surface area contributed by atoms with Crippen molar-refractivity contribution in [3.05, 3.63) is 0 Å². The van der Waals surface area contributed by atoms with E-state index in [1.165, 1.54) is 4.31 Å². The zero-order valence-corrected chi connectivity index (χ0v) is 10.3. The van der Waals surface area contributed by atoms with E-state index in [-0.39, 0.29) is 10.7 Å². The van der Waals surface area contributed by atoms with Crippen LogP contribution in [0, 0.1) is 5.41 Å². The third-order valence-electron chi connectivity index (χ3n) is 1.73. The van der Waals surface area contributed by atoms with E-state index < -0.39 is 10.0 Å². The van der Waals surface area contributed by atoms with Crippen LogP contribution in [0.2, 0.25) is 0 Å². The topological polar surface area (TPSA) is 37.4 Å². The summed E-state index contributed by atoms with van der Waals surface area (Å²) in [4.78, 5) is 0. The summed E-state index contributed by atoms with van der Waals surface area (Å²) >= 11 is 0. The maximum atomic E-state index is 11.6. The van der Waals surface area contributed by atoms with Crippen molar-refractivity contribution in [3.63, 3.8) is 0 Å². The lowest BCUT2D eigenvalue weighted by Gasteiger charge is -2.27. The fraction of sp³-hybridized carbons (Fsp3) is 1.00. The molecule has 13 heavy (non-hydrogen) atoms. The molecule has 0 radical (unpaired) electrons. The van der Waals surface area contributed by atoms with Crippen molar-refractivity contribution in [2.75, 3.05) is 13.6 Å². The van der Waals surface area contributed by atoms with Gasteiger partial charge in [0.25, 0.3) is 0 Å². The van der Waals surface area contributed by atoms with Gasteiger partial charge in [-0.05, 0) is 19.3 Å². The molecule has 0 aromatic heterocycles. The largest absolute Gasteiger partial charge is 0.216 e. The molecule has 0 aliphatic rings. The highest BCUT2D eigenvalue weighted by Gasteiger charge is 2.25. The van der Waals surface area contributed by atoms with Crippen LogP contribution in [0.5, 0.6) is 0 Å². The average molecular weight is 207 g/mol. The summed E-state index contributed by atoms with van der Waals surface area (Å²) in [6.45, 7) is 10.1. The van der Waals surface area contributed by atoms with E-state index in [0.717, 1.165) is 0 Å². The van der Waals surface area contributed by atoms with Crippen LogP contribution < -0.4 is 0 Å². The van der Waals surface area contributed by atoms with Gasteiger partial charge in [0.05, 0.1) is 5.25 Å². The van der Waals surface area contributed by atoms with Crippen LogP contribution in [-0.2, 0) is 10.0 Å². The number of nitrogens with zero attached hydrogens (tertiary/aromatic N) is 1. The van der Waals surface area contributed by atoms with Crippen LogP contribution in [0.1, 0.15) is 34.6 Å². The van der Waals surface area contributed by atoms with Crippen molar-refractivity contribution in [3.8, 4) is 0 Å². The molecule has 0 heterocycles. The summed E-state index contributed by atoms with van der Waals surface area (Å²) in [5, 5.41) is -0.333. The fourth-order valence-electron chi connectivity index (χ4n) is 1.12. The minimum absolute atomic E-state index is 0.0106. The van der Waals surface area contributed by atoms with Gasteiger partial charge in [-0.1, -0.05) is 20.8 Å². The van der Waals surface area contributed by atoms with Gasteiger partial charge in [0.1, 0.15) is 0 Å². The number of sulfonamides is 1. The molecular formula is C9H21NO2S. The zero-order chi connectivity index (χ0) is 10.9. The Kier molecular flexibility index (Phi) is 3.94. The molecule has 0 bridgehead atoms. The SMILES string of the molecule is CC(C)S(=O)(=O)N(C)CC(C)(C)C. The molecule has 0 aromatic carbocycles. The highest BCUT2D eigenvalue weighted by molar-refractivity contribution is 7.89. The molecule has 0 aliphatic carbocycles. The second-order valence-corrected chi connectivity index (χ2v) is 7.51. The van der Waals surface area contributed by atoms with E-state index in [2.05, 4.69) is 0 Å². The first-order valence-electron chi connectivity index (χ1n) is 4.52. The van der Waals surface area contributed by atoms with Crippen molar-refractivity contribution in [1.29, 1.82) is 0 Å². The standard InChI is InChI=1S/C9H21NO2S/c1-8(2)13(11,12)10(6)7-9(3,4)5/h8H,7H2,1-6H3. The summed E-state index contributed by atoms with van der Waals surface area (Å²) in [7, 11) is -1.44. The van der Waals surface area contributed by atoms with E-state index in [1.807, 2.05) is 20.8 Å². The maximum Gasteiger partial charge on any atom is 0.216 e. The minimum Gasteiger partial charge on any atom is -0.212 e. The third kappa shape index (κ3) is 4.09. The molecule has 0 rings (SSSR count). The lowest BCUT2D eigenvalue weighted by Crippen LogP contribution is -2.38. The van der Waals surface area contributed by atoms with Crippen LogP contribution in [0.25, 0.3) is 0 Å². The normalized spacial score (nSPS) is 14.2. The lowest BCUT2D eigenvalue weighted by molar-refractivity contribution is 0.309. The Morgan fingerprint density at radius 3 is 1.85 bits per heavy atom. The second-order valence-electron chi connectivity index (χ2n) is 4.91. The van der Waals surface area contributed by atoms with E-state index in [9.17, 15) is 8.42 Å². The molecule has 0 N–H and O–H groups in total. The van der Waals surface area contributed by atoms with Gasteiger partial charge in [-0.2, -0.15) is 0 Å². The summed E-state index contributed by atoms with van der Waals surface area (Å²) in [6.07, 6.45) is 0. The van der Waals surface area contributed by atoms with E-state index in [1.54, 1.807) is 20.9 Å². The van der Waals surface area contributed by atoms with Crippen molar-refractivity contribution in [2.24, 2.45) is 5.41 Å². The summed E-state index contributed by atoms with van der Waals surface area (Å²) in [5.41, 5.74) is 0.0106. The summed E-state index contributed by atoms with van der Waals surface area (Å²) < 4.78 is 24.7. The molecule has 0 unspecified atom stereocenters. The molecule has 0 saturated carbocycles. The van der Waals surface area contributed by atoms with Gasteiger partial charge in [0, 0.05) is 13.6 Å². The van der Waals surface area contributed by atoms with Crippen molar-refractivity contribution in [1.82, 2.24) is 4.31 Å². The first kappa shape index (κ1) is 12.9. The van der Waals surface area contributed by atoms with Gasteiger partial charge in [-0.15, -0.1) is 0 Å². The predicted octanol–water partition coefficient (Wildman–Crippen LogP) is 1.70. The number of rotatable bonds is 3. The molecule has 0 aromatic rings. The zero-order valence-electron chi connectivity index (χ0n) is 9.46. The highest BCUT2D eigenvalue weighted by Crippen LogP contribution is 2.17. The quantitative estimate of drug-likeness (QED) is 0.706. The Hall–Kier alpha value is -0.0900. The summed E-state index contributed by atoms with van der Waals surface area (Å²) in [5.74, 6) is 0. The van der Waals surface area contributed by atoms with Crippen LogP contribution >= 0.6 is 0 Å². The monoisotopic (exact) mass is 207 g/mol. The van der Waals surface area contributed by atoms with Crippen molar-refractivity contribution in [2.45, 2.75) is 39.9 Å². The van der Waals surface area contributed by atoms with Crippen molar-refractivity contribution >= 4 is 10.0 Å². The van der Waals surface area contributed by atoms with Crippen molar-refractivity contribution < 1.29 is 8.42 Å². The molecule has 0 aliphatic heterocycles. The van der Waals surface area contributed by atoms with Crippen LogP contribution in [0.4, 0.5) is 0 Å². The maximum absolute atomic E-state index is 11.6. The van der Waals surface area contributed by atoms with E-state index in [0.29, 0.717) is 6.54 Å². The van der Waals surface area contributed by atoms with Gasteiger partial charge in [-0.25, -0.2) is 12.7 Å². The Labute approximate surface area is 82.2 Å². The Bertz CT molecular complexity index is 249. The van der Waals surface area contributed by atoms with Gasteiger partial charge >= 0.3 is 0 Å². The van der Waals surface area contributed by atoms with Gasteiger partial charge < -0.3 is 0 Å². The molecule has 3 nitrogen and oxygen atoms in total. The molecule has 4 heteroatoms. The highest BCUT2D eigenvalue weighted by atomic mass is 32.2. The predicted molar refractivity (Wildman–Crippen MR) is 56.1 cm³/mol. The third-order valence-corrected chi connectivity index (χ3v) is 3.92. The number of hydrogen-bond donors (Lipinski definition) is 0. The van der Waals surface area contributed by atoms with Crippen LogP contribution in [0.15, 0.2) is 0 Å². The fourth-order valence-corrected chi connectivity index (χ4v) is 2.40. The van der Waals surface area contributed by atoms with Gasteiger partial charge in [0.15, 0.2) is 0 Å². The summed E-state index contributed by atoms with van der Waals surface area (Å²) in [6, 6.07) is 0. The Morgan fingerprint density at radius 1 is 1.23 bits per heavy atom. The molecule has 0 fully saturated rings. The first-order valence-corrected chi connectivity index (χ1v) is 6.03. The molecule has 80 valence electrons. The van der Waals surface area contributed by atoms with Gasteiger partial charge in [0.2, 0.25) is 10.0 Å². The average Bonchev–Trinajstić information content (AvgIpc) is 1.82. The van der Waals surface area contributed by atoms with Gasteiger partial charge in [-0.3, -0.25) is 0 Å². The van der Waals surface area contributed by atoms with E-state index in [4.69, 9.17) is 0 Å². The second kappa shape index (κ2) is 3.96. The Balaban J connectivity index is 4.54. The smallest absolute Gasteiger partial charge is 0.212 e.